The zero-order valence-electron chi connectivity index (χ0n) is 12.4. The van der Waals surface area contributed by atoms with Crippen molar-refractivity contribution < 1.29 is 19.5 Å². The fourth-order valence-electron chi connectivity index (χ4n) is 2.95. The second kappa shape index (κ2) is 5.31. The van der Waals surface area contributed by atoms with Crippen LogP contribution in [-0.4, -0.2) is 22.9 Å². The van der Waals surface area contributed by atoms with Gasteiger partial charge in [-0.05, 0) is 36.6 Å². The van der Waals surface area contributed by atoms with Crippen molar-refractivity contribution in [2.45, 2.75) is 33.6 Å². The molecule has 0 bridgehead atoms. The summed E-state index contributed by atoms with van der Waals surface area (Å²) >= 11 is 0. The Labute approximate surface area is 123 Å². The molecule has 0 aromatic heterocycles. The number of rotatable bonds is 4. The number of amides is 2. The van der Waals surface area contributed by atoms with Gasteiger partial charge >= 0.3 is 5.97 Å². The van der Waals surface area contributed by atoms with Crippen LogP contribution in [0.1, 0.15) is 44.0 Å². The zero-order chi connectivity index (χ0) is 15.8. The molecule has 0 unspecified atom stereocenters. The number of aromatic carboxylic acids is 1. The SMILES string of the molecule is CC(C)C[C@@]1(C)CC(=O)N(c2ccc(C(=O)O)cc2)C1=O. The van der Waals surface area contributed by atoms with Crippen LogP contribution >= 0.6 is 0 Å². The molecule has 0 spiro atoms. The smallest absolute Gasteiger partial charge is 0.335 e. The van der Waals surface area contributed by atoms with E-state index < -0.39 is 11.4 Å². The average Bonchev–Trinajstić information content (AvgIpc) is 2.59. The number of benzene rings is 1. The van der Waals surface area contributed by atoms with Crippen LogP contribution in [-0.2, 0) is 9.59 Å². The van der Waals surface area contributed by atoms with Crippen LogP contribution in [0.25, 0.3) is 0 Å². The molecule has 1 heterocycles. The van der Waals surface area contributed by atoms with E-state index in [4.69, 9.17) is 5.11 Å². The van der Waals surface area contributed by atoms with Gasteiger partial charge in [0.05, 0.1) is 16.7 Å². The summed E-state index contributed by atoms with van der Waals surface area (Å²) in [6, 6.07) is 5.80. The summed E-state index contributed by atoms with van der Waals surface area (Å²) < 4.78 is 0. The molecular formula is C16H19NO4. The zero-order valence-corrected chi connectivity index (χ0v) is 12.4. The maximum atomic E-state index is 12.6. The van der Waals surface area contributed by atoms with Crippen molar-refractivity contribution in [3.8, 4) is 0 Å². The molecule has 1 fully saturated rings. The van der Waals surface area contributed by atoms with Crippen molar-refractivity contribution in [3.05, 3.63) is 29.8 Å². The third kappa shape index (κ3) is 2.82. The number of hydrogen-bond acceptors (Lipinski definition) is 3. The predicted octanol–water partition coefficient (Wildman–Crippen LogP) is 2.70. The number of carboxylic acid groups (broad SMARTS) is 1. The Balaban J connectivity index is 2.30. The fourth-order valence-corrected chi connectivity index (χ4v) is 2.95. The van der Waals surface area contributed by atoms with E-state index in [0.717, 1.165) is 0 Å². The molecule has 21 heavy (non-hydrogen) atoms. The van der Waals surface area contributed by atoms with Crippen LogP contribution in [0.2, 0.25) is 0 Å². The van der Waals surface area contributed by atoms with Crippen LogP contribution in [0.3, 0.4) is 0 Å². The molecule has 1 aliphatic rings. The van der Waals surface area contributed by atoms with E-state index in [0.29, 0.717) is 18.0 Å². The minimum Gasteiger partial charge on any atom is -0.478 e. The van der Waals surface area contributed by atoms with Gasteiger partial charge in [0.25, 0.3) is 0 Å². The number of carbonyl (C=O) groups excluding carboxylic acids is 2. The van der Waals surface area contributed by atoms with Crippen LogP contribution in [0.15, 0.2) is 24.3 Å². The fraction of sp³-hybridized carbons (Fsp3) is 0.438. The Morgan fingerprint density at radius 3 is 2.33 bits per heavy atom. The number of anilines is 1. The van der Waals surface area contributed by atoms with Gasteiger partial charge in [-0.25, -0.2) is 4.79 Å². The summed E-state index contributed by atoms with van der Waals surface area (Å²) in [4.78, 5) is 36.8. The average molecular weight is 289 g/mol. The lowest BCUT2D eigenvalue weighted by atomic mass is 9.80. The highest BCUT2D eigenvalue weighted by Crippen LogP contribution is 2.40. The minimum atomic E-state index is -1.04. The number of carbonyl (C=O) groups is 3. The molecule has 0 saturated carbocycles. The van der Waals surface area contributed by atoms with Crippen LogP contribution < -0.4 is 4.90 Å². The van der Waals surface area contributed by atoms with E-state index >= 15 is 0 Å². The Kier molecular flexibility index (Phi) is 3.85. The number of carboxylic acids is 1. The van der Waals surface area contributed by atoms with Gasteiger partial charge in [0.15, 0.2) is 0 Å². The van der Waals surface area contributed by atoms with E-state index in [-0.39, 0.29) is 23.8 Å². The molecule has 2 amide bonds. The second-order valence-corrected chi connectivity index (χ2v) is 6.22. The Bertz CT molecular complexity index is 591. The molecule has 1 aromatic carbocycles. The van der Waals surface area contributed by atoms with Crippen molar-refractivity contribution in [2.24, 2.45) is 11.3 Å². The van der Waals surface area contributed by atoms with E-state index in [1.165, 1.54) is 29.2 Å². The van der Waals surface area contributed by atoms with Crippen molar-refractivity contribution in [1.82, 2.24) is 0 Å². The summed E-state index contributed by atoms with van der Waals surface area (Å²) in [6.07, 6.45) is 0.853. The molecule has 1 saturated heterocycles. The molecule has 1 aromatic rings. The van der Waals surface area contributed by atoms with Gasteiger partial charge in [0.1, 0.15) is 0 Å². The van der Waals surface area contributed by atoms with Crippen molar-refractivity contribution >= 4 is 23.5 Å². The first-order chi connectivity index (χ1) is 9.74. The van der Waals surface area contributed by atoms with Gasteiger partial charge in [-0.2, -0.15) is 0 Å². The van der Waals surface area contributed by atoms with Crippen LogP contribution in [0, 0.1) is 11.3 Å². The van der Waals surface area contributed by atoms with Gasteiger partial charge in [-0.15, -0.1) is 0 Å². The molecule has 112 valence electrons. The first-order valence-electron chi connectivity index (χ1n) is 6.95. The molecular weight excluding hydrogens is 270 g/mol. The van der Waals surface area contributed by atoms with Gasteiger partial charge in [0.2, 0.25) is 11.8 Å². The maximum absolute atomic E-state index is 12.6. The summed E-state index contributed by atoms with van der Waals surface area (Å²) in [7, 11) is 0. The lowest BCUT2D eigenvalue weighted by molar-refractivity contribution is -0.125. The van der Waals surface area contributed by atoms with Crippen LogP contribution in [0.4, 0.5) is 5.69 Å². The highest BCUT2D eigenvalue weighted by atomic mass is 16.4. The van der Waals surface area contributed by atoms with Gasteiger partial charge in [-0.1, -0.05) is 20.8 Å². The Morgan fingerprint density at radius 1 is 1.29 bits per heavy atom. The molecule has 1 aliphatic heterocycles. The van der Waals surface area contributed by atoms with E-state index in [1.54, 1.807) is 0 Å². The van der Waals surface area contributed by atoms with Crippen molar-refractivity contribution in [2.75, 3.05) is 4.90 Å². The van der Waals surface area contributed by atoms with Gasteiger partial charge in [0, 0.05) is 6.42 Å². The van der Waals surface area contributed by atoms with Crippen molar-refractivity contribution in [1.29, 1.82) is 0 Å². The summed E-state index contributed by atoms with van der Waals surface area (Å²) in [5.74, 6) is -1.15. The number of nitrogens with zero attached hydrogens (tertiary/aromatic N) is 1. The van der Waals surface area contributed by atoms with E-state index in [9.17, 15) is 14.4 Å². The summed E-state index contributed by atoms with van der Waals surface area (Å²) in [5, 5.41) is 8.88. The topological polar surface area (TPSA) is 74.7 Å². The van der Waals surface area contributed by atoms with E-state index in [1.807, 2.05) is 20.8 Å². The normalized spacial score (nSPS) is 22.2. The minimum absolute atomic E-state index is 0.128. The summed E-state index contributed by atoms with van der Waals surface area (Å²) in [6.45, 7) is 5.86. The summed E-state index contributed by atoms with van der Waals surface area (Å²) in [5.41, 5.74) is -0.109. The number of imide groups is 1. The highest BCUT2D eigenvalue weighted by Gasteiger charge is 2.48. The first-order valence-corrected chi connectivity index (χ1v) is 6.95. The molecule has 1 atom stereocenters. The molecule has 2 rings (SSSR count). The largest absolute Gasteiger partial charge is 0.478 e. The standard InChI is InChI=1S/C16H19NO4/c1-10(2)8-16(3)9-13(18)17(15(16)21)12-6-4-11(5-7-12)14(19)20/h4-7,10H,8-9H2,1-3H3,(H,19,20)/t16-/m0/s1. The number of hydrogen-bond donors (Lipinski definition) is 1. The molecule has 1 N–H and O–H groups in total. The monoisotopic (exact) mass is 289 g/mol. The van der Waals surface area contributed by atoms with E-state index in [2.05, 4.69) is 0 Å². The predicted molar refractivity (Wildman–Crippen MR) is 78.1 cm³/mol. The molecule has 5 nitrogen and oxygen atoms in total. The Morgan fingerprint density at radius 2 is 1.86 bits per heavy atom. The first kappa shape index (κ1) is 15.2. The molecule has 0 radical (unpaired) electrons. The molecule has 5 heteroatoms. The van der Waals surface area contributed by atoms with Gasteiger partial charge in [-0.3, -0.25) is 14.5 Å². The maximum Gasteiger partial charge on any atom is 0.335 e. The highest BCUT2D eigenvalue weighted by molar-refractivity contribution is 6.22. The third-order valence-corrected chi connectivity index (χ3v) is 3.74. The van der Waals surface area contributed by atoms with Crippen LogP contribution in [0.5, 0.6) is 0 Å². The molecule has 0 aliphatic carbocycles. The third-order valence-electron chi connectivity index (χ3n) is 3.74. The van der Waals surface area contributed by atoms with Gasteiger partial charge < -0.3 is 5.11 Å². The lowest BCUT2D eigenvalue weighted by Gasteiger charge is -2.24. The second-order valence-electron chi connectivity index (χ2n) is 6.22. The Hall–Kier alpha value is -2.17. The quantitative estimate of drug-likeness (QED) is 0.865. The van der Waals surface area contributed by atoms with Crippen molar-refractivity contribution in [3.63, 3.8) is 0 Å². The lowest BCUT2D eigenvalue weighted by Crippen LogP contribution is -2.34.